The second kappa shape index (κ2) is 5.32. The van der Waals surface area contributed by atoms with E-state index in [9.17, 15) is 0 Å². The number of ether oxygens (including phenoxy) is 1. The van der Waals surface area contributed by atoms with Gasteiger partial charge in [-0.2, -0.15) is 0 Å². The van der Waals surface area contributed by atoms with Crippen molar-refractivity contribution in [1.29, 1.82) is 0 Å². The van der Waals surface area contributed by atoms with Crippen molar-refractivity contribution in [3.8, 4) is 0 Å². The maximum atomic E-state index is 5.05. The number of hydrogen-bond acceptors (Lipinski definition) is 4. The molecule has 0 unspecified atom stereocenters. The van der Waals surface area contributed by atoms with Crippen LogP contribution < -0.4 is 5.32 Å². The van der Waals surface area contributed by atoms with Gasteiger partial charge in [0.05, 0.1) is 17.8 Å². The molecule has 0 bridgehead atoms. The summed E-state index contributed by atoms with van der Waals surface area (Å²) in [7, 11) is 1.69. The van der Waals surface area contributed by atoms with Gasteiger partial charge in [-0.05, 0) is 0 Å². The Hall–Kier alpha value is -0.450. The van der Waals surface area contributed by atoms with Crippen molar-refractivity contribution in [3.05, 3.63) is 16.1 Å². The van der Waals surface area contributed by atoms with Crippen molar-refractivity contribution in [1.82, 2.24) is 10.3 Å². The quantitative estimate of drug-likeness (QED) is 0.787. The molecule has 0 aliphatic carbocycles. The van der Waals surface area contributed by atoms with Gasteiger partial charge < -0.3 is 10.1 Å². The van der Waals surface area contributed by atoms with E-state index in [-0.39, 0.29) is 0 Å². The van der Waals surface area contributed by atoms with Gasteiger partial charge in [-0.3, -0.25) is 0 Å². The fraction of sp³-hybridized carbons (Fsp3) is 0.667. The fourth-order valence-corrected chi connectivity index (χ4v) is 1.71. The molecule has 0 radical (unpaired) electrons. The number of aromatic nitrogens is 1. The Morgan fingerprint density at radius 2 is 2.38 bits per heavy atom. The van der Waals surface area contributed by atoms with Gasteiger partial charge in [0.1, 0.15) is 0 Å². The van der Waals surface area contributed by atoms with Crippen LogP contribution in [0.5, 0.6) is 0 Å². The smallest absolute Gasteiger partial charge is 0.0895 e. The summed E-state index contributed by atoms with van der Waals surface area (Å²) in [4.78, 5) is 5.51. The monoisotopic (exact) mass is 200 g/mol. The van der Waals surface area contributed by atoms with E-state index in [1.807, 2.05) is 5.51 Å². The molecule has 0 aliphatic rings. The Kier molecular flexibility index (Phi) is 4.35. The maximum Gasteiger partial charge on any atom is 0.0895 e. The van der Waals surface area contributed by atoms with E-state index in [0.29, 0.717) is 12.6 Å². The Morgan fingerprint density at radius 1 is 1.62 bits per heavy atom. The minimum atomic E-state index is 0.512. The van der Waals surface area contributed by atoms with Gasteiger partial charge in [-0.15, -0.1) is 11.3 Å². The van der Waals surface area contributed by atoms with Crippen molar-refractivity contribution < 1.29 is 4.74 Å². The van der Waals surface area contributed by atoms with Crippen LogP contribution in [0.3, 0.4) is 0 Å². The predicted octanol–water partition coefficient (Wildman–Crippen LogP) is 1.79. The molecular weight excluding hydrogens is 184 g/mol. The SMILES string of the molecule is COCc1ncsc1CNC(C)C. The molecule has 4 heteroatoms. The lowest BCUT2D eigenvalue weighted by Crippen LogP contribution is -2.21. The maximum absolute atomic E-state index is 5.05. The highest BCUT2D eigenvalue weighted by atomic mass is 32.1. The first-order valence-electron chi connectivity index (χ1n) is 4.37. The van der Waals surface area contributed by atoms with Gasteiger partial charge >= 0.3 is 0 Å². The van der Waals surface area contributed by atoms with Gasteiger partial charge in [-0.1, -0.05) is 13.8 Å². The molecule has 13 heavy (non-hydrogen) atoms. The van der Waals surface area contributed by atoms with Crippen LogP contribution in [0.25, 0.3) is 0 Å². The van der Waals surface area contributed by atoms with Crippen molar-refractivity contribution in [3.63, 3.8) is 0 Å². The molecule has 0 saturated carbocycles. The van der Waals surface area contributed by atoms with Gasteiger partial charge in [0, 0.05) is 24.6 Å². The molecule has 74 valence electrons. The van der Waals surface area contributed by atoms with E-state index >= 15 is 0 Å². The largest absolute Gasteiger partial charge is 0.378 e. The van der Waals surface area contributed by atoms with Crippen LogP contribution in [0.1, 0.15) is 24.4 Å². The minimum absolute atomic E-state index is 0.512. The van der Waals surface area contributed by atoms with Crippen LogP contribution in [0.2, 0.25) is 0 Å². The van der Waals surface area contributed by atoms with Crippen LogP contribution in [-0.2, 0) is 17.9 Å². The molecular formula is C9H16N2OS. The lowest BCUT2D eigenvalue weighted by atomic mass is 10.3. The lowest BCUT2D eigenvalue weighted by Gasteiger charge is -2.07. The summed E-state index contributed by atoms with van der Waals surface area (Å²) in [5.74, 6) is 0. The van der Waals surface area contributed by atoms with Gasteiger partial charge in [0.15, 0.2) is 0 Å². The predicted molar refractivity (Wildman–Crippen MR) is 54.8 cm³/mol. The molecule has 0 aliphatic heterocycles. The molecule has 1 aromatic heterocycles. The second-order valence-electron chi connectivity index (χ2n) is 3.19. The first kappa shape index (κ1) is 10.6. The molecule has 1 aromatic rings. The first-order chi connectivity index (χ1) is 6.24. The van der Waals surface area contributed by atoms with Crippen molar-refractivity contribution in [2.24, 2.45) is 0 Å². The number of nitrogens with one attached hydrogen (secondary N) is 1. The van der Waals surface area contributed by atoms with E-state index in [2.05, 4.69) is 24.1 Å². The van der Waals surface area contributed by atoms with Crippen molar-refractivity contribution in [2.45, 2.75) is 33.0 Å². The standard InChI is InChI=1S/C9H16N2OS/c1-7(2)10-4-9-8(5-12-3)11-6-13-9/h6-7,10H,4-5H2,1-3H3. The van der Waals surface area contributed by atoms with Gasteiger partial charge in [0.2, 0.25) is 0 Å². The second-order valence-corrected chi connectivity index (χ2v) is 4.13. The van der Waals surface area contributed by atoms with Crippen LogP contribution in [0, 0.1) is 0 Å². The van der Waals surface area contributed by atoms with Crippen molar-refractivity contribution in [2.75, 3.05) is 7.11 Å². The summed E-state index contributed by atoms with van der Waals surface area (Å²) < 4.78 is 5.05. The number of methoxy groups -OCH3 is 1. The minimum Gasteiger partial charge on any atom is -0.378 e. The van der Waals surface area contributed by atoms with Gasteiger partial charge in [0.25, 0.3) is 0 Å². The third-order valence-corrected chi connectivity index (χ3v) is 2.55. The zero-order valence-corrected chi connectivity index (χ0v) is 9.15. The molecule has 0 spiro atoms. The molecule has 1 heterocycles. The molecule has 0 amide bonds. The first-order valence-corrected chi connectivity index (χ1v) is 5.25. The molecule has 0 aromatic carbocycles. The summed E-state index contributed by atoms with van der Waals surface area (Å²) in [5.41, 5.74) is 2.92. The number of nitrogens with zero attached hydrogens (tertiary/aromatic N) is 1. The normalized spacial score (nSPS) is 11.1. The Balaban J connectivity index is 2.49. The summed E-state index contributed by atoms with van der Waals surface area (Å²) in [6.07, 6.45) is 0. The third kappa shape index (κ3) is 3.42. The molecule has 0 saturated heterocycles. The summed E-state index contributed by atoms with van der Waals surface area (Å²) in [6.45, 7) is 5.77. The Morgan fingerprint density at radius 3 is 3.00 bits per heavy atom. The topological polar surface area (TPSA) is 34.1 Å². The van der Waals surface area contributed by atoms with Gasteiger partial charge in [-0.25, -0.2) is 4.98 Å². The van der Waals surface area contributed by atoms with Crippen molar-refractivity contribution >= 4 is 11.3 Å². The third-order valence-electron chi connectivity index (χ3n) is 1.68. The van der Waals surface area contributed by atoms with Crippen LogP contribution in [-0.4, -0.2) is 18.1 Å². The average Bonchev–Trinajstić information content (AvgIpc) is 2.49. The highest BCUT2D eigenvalue weighted by Crippen LogP contribution is 2.13. The Bertz CT molecular complexity index is 248. The van der Waals surface area contributed by atoms with Crippen LogP contribution >= 0.6 is 11.3 Å². The van der Waals surface area contributed by atoms with E-state index < -0.39 is 0 Å². The number of hydrogen-bond donors (Lipinski definition) is 1. The molecule has 0 fully saturated rings. The molecule has 0 atom stereocenters. The summed E-state index contributed by atoms with van der Waals surface area (Å²) in [6, 6.07) is 0.512. The average molecular weight is 200 g/mol. The van der Waals surface area contributed by atoms with E-state index in [4.69, 9.17) is 4.74 Å². The fourth-order valence-electron chi connectivity index (χ4n) is 0.989. The Labute approximate surface area is 83.1 Å². The number of thiazole rings is 1. The molecule has 1 N–H and O–H groups in total. The van der Waals surface area contributed by atoms with E-state index in [1.54, 1.807) is 18.4 Å². The highest BCUT2D eigenvalue weighted by molar-refractivity contribution is 7.09. The van der Waals surface area contributed by atoms with E-state index in [1.165, 1.54) is 4.88 Å². The molecule has 1 rings (SSSR count). The van der Waals surface area contributed by atoms with Crippen LogP contribution in [0.15, 0.2) is 5.51 Å². The summed E-state index contributed by atoms with van der Waals surface area (Å²) in [5, 5.41) is 3.36. The summed E-state index contributed by atoms with van der Waals surface area (Å²) >= 11 is 1.68. The zero-order chi connectivity index (χ0) is 9.68. The van der Waals surface area contributed by atoms with Crippen LogP contribution in [0.4, 0.5) is 0 Å². The van der Waals surface area contributed by atoms with E-state index in [0.717, 1.165) is 12.2 Å². The highest BCUT2D eigenvalue weighted by Gasteiger charge is 2.05. The molecule has 3 nitrogen and oxygen atoms in total. The number of rotatable bonds is 5. The zero-order valence-electron chi connectivity index (χ0n) is 8.33. The lowest BCUT2D eigenvalue weighted by molar-refractivity contribution is 0.181.